The molecule has 0 radical (unpaired) electrons. The van der Waals surface area contributed by atoms with Gasteiger partial charge in [0.25, 0.3) is 5.91 Å². The van der Waals surface area contributed by atoms with Gasteiger partial charge in [0.15, 0.2) is 0 Å². The van der Waals surface area contributed by atoms with Crippen molar-refractivity contribution in [3.8, 4) is 5.75 Å². The monoisotopic (exact) mass is 293 g/mol. The van der Waals surface area contributed by atoms with Crippen molar-refractivity contribution in [3.05, 3.63) is 34.4 Å². The Kier molecular flexibility index (Phi) is 3.44. The Hall–Kier alpha value is -1.52. The van der Waals surface area contributed by atoms with Gasteiger partial charge in [-0.3, -0.25) is 4.79 Å². The largest absolute Gasteiger partial charge is 0.488 e. The molecule has 1 aliphatic heterocycles. The number of halogens is 1. The van der Waals surface area contributed by atoms with E-state index >= 15 is 0 Å². The van der Waals surface area contributed by atoms with Crippen molar-refractivity contribution in [1.29, 1.82) is 0 Å². The molecule has 1 heterocycles. The predicted octanol–water partition coefficient (Wildman–Crippen LogP) is 2.15. The molecule has 0 spiro atoms. The highest BCUT2D eigenvalue weighted by molar-refractivity contribution is 6.30. The van der Waals surface area contributed by atoms with E-state index in [1.54, 1.807) is 24.3 Å². The zero-order valence-corrected chi connectivity index (χ0v) is 11.7. The number of nitrogens with one attached hydrogen (secondary N) is 1. The fraction of sp³-hybridized carbons (Fsp3) is 0.400. The Bertz CT molecular complexity index is 578. The van der Waals surface area contributed by atoms with Crippen LogP contribution in [0.15, 0.2) is 23.8 Å². The molecule has 0 saturated heterocycles. The molecule has 3 rings (SSSR count). The standard InChI is InChI=1S/C15H16ClNO3/c16-12-2-3-13-10(7-12)6-11(8-20-13)14(18)17-9-15(19)4-1-5-15/h2-3,6-7,19H,1,4-5,8-9H2,(H,17,18). The van der Waals surface area contributed by atoms with E-state index in [0.717, 1.165) is 30.6 Å². The van der Waals surface area contributed by atoms with Gasteiger partial charge in [0.1, 0.15) is 12.4 Å². The van der Waals surface area contributed by atoms with Gasteiger partial charge in [0.05, 0.1) is 11.2 Å². The third-order valence-corrected chi connectivity index (χ3v) is 4.07. The normalized spacial score (nSPS) is 19.2. The van der Waals surface area contributed by atoms with E-state index in [2.05, 4.69) is 5.32 Å². The number of aliphatic hydroxyl groups is 1. The Morgan fingerprint density at radius 1 is 1.45 bits per heavy atom. The van der Waals surface area contributed by atoms with Crippen LogP contribution in [0.4, 0.5) is 0 Å². The van der Waals surface area contributed by atoms with Crippen LogP contribution in [0.5, 0.6) is 5.75 Å². The lowest BCUT2D eigenvalue weighted by atomic mass is 9.80. The van der Waals surface area contributed by atoms with Crippen molar-refractivity contribution in [2.24, 2.45) is 0 Å². The van der Waals surface area contributed by atoms with Crippen LogP contribution in [0.3, 0.4) is 0 Å². The summed E-state index contributed by atoms with van der Waals surface area (Å²) in [6.45, 7) is 0.532. The topological polar surface area (TPSA) is 58.6 Å². The fourth-order valence-corrected chi connectivity index (χ4v) is 2.58. The van der Waals surface area contributed by atoms with Crippen molar-refractivity contribution in [1.82, 2.24) is 5.32 Å². The van der Waals surface area contributed by atoms with E-state index in [9.17, 15) is 9.90 Å². The summed E-state index contributed by atoms with van der Waals surface area (Å²) >= 11 is 5.93. The summed E-state index contributed by atoms with van der Waals surface area (Å²) in [4.78, 5) is 12.1. The van der Waals surface area contributed by atoms with E-state index in [1.807, 2.05) is 0 Å². The van der Waals surface area contributed by atoms with E-state index in [0.29, 0.717) is 17.1 Å². The van der Waals surface area contributed by atoms with Gasteiger partial charge in [-0.15, -0.1) is 0 Å². The quantitative estimate of drug-likeness (QED) is 0.898. The zero-order valence-electron chi connectivity index (χ0n) is 11.0. The molecule has 2 N–H and O–H groups in total. The van der Waals surface area contributed by atoms with Gasteiger partial charge in [-0.2, -0.15) is 0 Å². The summed E-state index contributed by atoms with van der Waals surface area (Å²) in [6, 6.07) is 5.31. The molecule has 5 heteroatoms. The average molecular weight is 294 g/mol. The number of carbonyl (C=O) groups is 1. The summed E-state index contributed by atoms with van der Waals surface area (Å²) in [6.07, 6.45) is 4.30. The van der Waals surface area contributed by atoms with Gasteiger partial charge in [-0.1, -0.05) is 11.6 Å². The molecule has 4 nitrogen and oxygen atoms in total. The molecule has 1 amide bonds. The summed E-state index contributed by atoms with van der Waals surface area (Å²) < 4.78 is 5.53. The maximum absolute atomic E-state index is 12.1. The highest BCUT2D eigenvalue weighted by Gasteiger charge is 2.34. The molecular weight excluding hydrogens is 278 g/mol. The molecule has 1 fully saturated rings. The van der Waals surface area contributed by atoms with Crippen molar-refractivity contribution < 1.29 is 14.6 Å². The van der Waals surface area contributed by atoms with Crippen molar-refractivity contribution in [2.75, 3.05) is 13.2 Å². The van der Waals surface area contributed by atoms with Crippen LogP contribution in [0.1, 0.15) is 24.8 Å². The van der Waals surface area contributed by atoms with Crippen molar-refractivity contribution >= 4 is 23.6 Å². The third-order valence-electron chi connectivity index (χ3n) is 3.84. The Morgan fingerprint density at radius 3 is 2.95 bits per heavy atom. The fourth-order valence-electron chi connectivity index (χ4n) is 2.40. The van der Waals surface area contributed by atoms with Gasteiger partial charge in [-0.25, -0.2) is 0 Å². The summed E-state index contributed by atoms with van der Waals surface area (Å²) in [5.74, 6) is 0.527. The highest BCUT2D eigenvalue weighted by Crippen LogP contribution is 2.31. The van der Waals surface area contributed by atoms with Crippen LogP contribution in [0, 0.1) is 0 Å². The Morgan fingerprint density at radius 2 is 2.25 bits per heavy atom. The van der Waals surface area contributed by atoms with Crippen molar-refractivity contribution in [3.63, 3.8) is 0 Å². The number of amides is 1. The number of ether oxygens (including phenoxy) is 1. The van der Waals surface area contributed by atoms with Gasteiger partial charge >= 0.3 is 0 Å². The molecule has 0 unspecified atom stereocenters. The molecule has 1 aliphatic carbocycles. The zero-order chi connectivity index (χ0) is 14.2. The van der Waals surface area contributed by atoms with Crippen molar-refractivity contribution in [2.45, 2.75) is 24.9 Å². The molecule has 0 bridgehead atoms. The molecular formula is C15H16ClNO3. The van der Waals surface area contributed by atoms with Gasteiger partial charge in [-0.05, 0) is 43.5 Å². The molecule has 2 aliphatic rings. The molecule has 0 atom stereocenters. The third kappa shape index (κ3) is 2.67. The second kappa shape index (κ2) is 5.11. The summed E-state index contributed by atoms with van der Waals surface area (Å²) in [7, 11) is 0. The lowest BCUT2D eigenvalue weighted by Gasteiger charge is -2.36. The molecule has 1 saturated carbocycles. The number of hydrogen-bond acceptors (Lipinski definition) is 3. The van der Waals surface area contributed by atoms with Crippen LogP contribution in [-0.2, 0) is 4.79 Å². The first-order valence-electron chi connectivity index (χ1n) is 6.69. The number of carbonyl (C=O) groups excluding carboxylic acids is 1. The lowest BCUT2D eigenvalue weighted by Crippen LogP contribution is -2.48. The second-order valence-corrected chi connectivity index (χ2v) is 5.84. The Labute approximate surface area is 122 Å². The molecule has 0 aromatic heterocycles. The summed E-state index contributed by atoms with van der Waals surface area (Å²) in [5.41, 5.74) is 0.631. The molecule has 106 valence electrons. The van der Waals surface area contributed by atoms with Crippen LogP contribution in [0.2, 0.25) is 5.02 Å². The van der Waals surface area contributed by atoms with Gasteiger partial charge in [0, 0.05) is 17.1 Å². The number of fused-ring (bicyclic) bond motifs is 1. The SMILES string of the molecule is O=C(NCC1(O)CCC1)C1=Cc2cc(Cl)ccc2OC1. The van der Waals surface area contributed by atoms with E-state index in [1.165, 1.54) is 0 Å². The van der Waals surface area contributed by atoms with Crippen LogP contribution in [-0.4, -0.2) is 29.8 Å². The first-order chi connectivity index (χ1) is 9.56. The first kappa shape index (κ1) is 13.5. The van der Waals surface area contributed by atoms with E-state index in [4.69, 9.17) is 16.3 Å². The number of benzene rings is 1. The minimum Gasteiger partial charge on any atom is -0.488 e. The number of rotatable bonds is 3. The van der Waals surface area contributed by atoms with Crippen LogP contribution < -0.4 is 10.1 Å². The smallest absolute Gasteiger partial charge is 0.250 e. The molecule has 20 heavy (non-hydrogen) atoms. The van der Waals surface area contributed by atoms with E-state index in [-0.39, 0.29) is 12.5 Å². The second-order valence-electron chi connectivity index (χ2n) is 5.40. The first-order valence-corrected chi connectivity index (χ1v) is 7.07. The highest BCUT2D eigenvalue weighted by atomic mass is 35.5. The lowest BCUT2D eigenvalue weighted by molar-refractivity contribution is -0.120. The van der Waals surface area contributed by atoms with Crippen LogP contribution >= 0.6 is 11.6 Å². The Balaban J connectivity index is 1.69. The van der Waals surface area contributed by atoms with Gasteiger partial charge < -0.3 is 15.2 Å². The van der Waals surface area contributed by atoms with Crippen LogP contribution in [0.25, 0.3) is 6.08 Å². The predicted molar refractivity (Wildman–Crippen MR) is 76.7 cm³/mol. The maximum Gasteiger partial charge on any atom is 0.250 e. The summed E-state index contributed by atoms with van der Waals surface area (Å²) in [5, 5.41) is 13.3. The minimum absolute atomic E-state index is 0.198. The molecule has 1 aromatic carbocycles. The average Bonchev–Trinajstić information content (AvgIpc) is 2.41. The molecule has 1 aromatic rings. The minimum atomic E-state index is -0.715. The number of hydrogen-bond donors (Lipinski definition) is 2. The maximum atomic E-state index is 12.1. The van der Waals surface area contributed by atoms with Gasteiger partial charge in [0.2, 0.25) is 0 Å². The van der Waals surface area contributed by atoms with E-state index < -0.39 is 5.60 Å².